The fourth-order valence-electron chi connectivity index (χ4n) is 2.84. The van der Waals surface area contributed by atoms with Crippen molar-refractivity contribution in [2.24, 2.45) is 5.41 Å². The van der Waals surface area contributed by atoms with E-state index in [4.69, 9.17) is 5.26 Å². The predicted molar refractivity (Wildman–Crippen MR) is 56.3 cm³/mol. The Morgan fingerprint density at radius 2 is 2.19 bits per heavy atom. The van der Waals surface area contributed by atoms with E-state index in [0.717, 1.165) is 19.3 Å². The Bertz CT molecular complexity index is 469. The van der Waals surface area contributed by atoms with E-state index in [9.17, 15) is 4.79 Å². The third kappa shape index (κ3) is 1.15. The van der Waals surface area contributed by atoms with Gasteiger partial charge in [-0.1, -0.05) is 6.07 Å². The summed E-state index contributed by atoms with van der Waals surface area (Å²) < 4.78 is 0. The van der Waals surface area contributed by atoms with Crippen LogP contribution in [-0.4, -0.2) is 16.4 Å². The second-order valence-electron chi connectivity index (χ2n) is 4.87. The van der Waals surface area contributed by atoms with Gasteiger partial charge in [-0.15, -0.1) is 0 Å². The molecule has 0 aliphatic heterocycles. The van der Waals surface area contributed by atoms with Crippen molar-refractivity contribution in [2.45, 2.75) is 24.8 Å². The Morgan fingerprint density at radius 1 is 1.44 bits per heavy atom. The van der Waals surface area contributed by atoms with Gasteiger partial charge in [0.25, 0.3) is 5.91 Å². The van der Waals surface area contributed by atoms with Crippen LogP contribution in [0.3, 0.4) is 0 Å². The molecule has 3 aliphatic carbocycles. The summed E-state index contributed by atoms with van der Waals surface area (Å²) in [5.41, 5.74) is 0.208. The topological polar surface area (TPSA) is 65.8 Å². The molecule has 1 aromatic rings. The molecule has 4 nitrogen and oxygen atoms in total. The molecule has 0 spiro atoms. The molecule has 1 N–H and O–H groups in total. The average Bonchev–Trinajstić information content (AvgIpc) is 2.22. The first-order valence-corrected chi connectivity index (χ1v) is 5.32. The SMILES string of the molecule is N#CC12CC(NC(=O)c3ccccn3)(C1)C2. The van der Waals surface area contributed by atoms with Gasteiger partial charge in [-0.2, -0.15) is 5.26 Å². The van der Waals surface area contributed by atoms with Crippen LogP contribution in [0.5, 0.6) is 0 Å². The summed E-state index contributed by atoms with van der Waals surface area (Å²) in [6.07, 6.45) is 4.01. The smallest absolute Gasteiger partial charge is 0.270 e. The van der Waals surface area contributed by atoms with Crippen LogP contribution in [0.4, 0.5) is 0 Å². The molecular weight excluding hydrogens is 202 g/mol. The van der Waals surface area contributed by atoms with E-state index in [1.54, 1.807) is 24.4 Å². The molecule has 0 atom stereocenters. The van der Waals surface area contributed by atoms with Crippen molar-refractivity contribution in [3.8, 4) is 6.07 Å². The molecule has 0 unspecified atom stereocenters. The van der Waals surface area contributed by atoms with Gasteiger partial charge in [-0.25, -0.2) is 0 Å². The third-order valence-electron chi connectivity index (χ3n) is 3.54. The number of amides is 1. The number of pyridine rings is 1. The lowest BCUT2D eigenvalue weighted by atomic mass is 9.40. The summed E-state index contributed by atoms with van der Waals surface area (Å²) >= 11 is 0. The van der Waals surface area contributed by atoms with Crippen molar-refractivity contribution in [3.63, 3.8) is 0 Å². The second-order valence-corrected chi connectivity index (χ2v) is 4.87. The zero-order valence-corrected chi connectivity index (χ0v) is 8.73. The zero-order chi connectivity index (χ0) is 11.2. The van der Waals surface area contributed by atoms with Gasteiger partial charge in [-0.3, -0.25) is 9.78 Å². The Morgan fingerprint density at radius 3 is 2.75 bits per heavy atom. The largest absolute Gasteiger partial charge is 0.345 e. The summed E-state index contributed by atoms with van der Waals surface area (Å²) in [5.74, 6) is -0.133. The minimum atomic E-state index is -0.133. The normalized spacial score (nSPS) is 34.2. The van der Waals surface area contributed by atoms with Crippen molar-refractivity contribution in [1.82, 2.24) is 10.3 Å². The highest BCUT2D eigenvalue weighted by Gasteiger charge is 2.69. The predicted octanol–water partition coefficient (Wildman–Crippen LogP) is 1.26. The number of nitriles is 1. The highest BCUT2D eigenvalue weighted by molar-refractivity contribution is 5.93. The lowest BCUT2D eigenvalue weighted by Gasteiger charge is -2.66. The van der Waals surface area contributed by atoms with Gasteiger partial charge in [0, 0.05) is 11.7 Å². The molecule has 0 aromatic carbocycles. The van der Waals surface area contributed by atoms with Gasteiger partial charge < -0.3 is 5.32 Å². The van der Waals surface area contributed by atoms with Gasteiger partial charge in [0.15, 0.2) is 0 Å². The maximum Gasteiger partial charge on any atom is 0.270 e. The van der Waals surface area contributed by atoms with Gasteiger partial charge in [-0.05, 0) is 31.4 Å². The molecule has 3 fully saturated rings. The fraction of sp³-hybridized carbons (Fsp3) is 0.417. The van der Waals surface area contributed by atoms with E-state index in [2.05, 4.69) is 16.4 Å². The van der Waals surface area contributed by atoms with Gasteiger partial charge in [0.05, 0.1) is 11.5 Å². The molecular formula is C12H11N3O. The Kier molecular flexibility index (Phi) is 1.65. The molecule has 16 heavy (non-hydrogen) atoms. The molecule has 4 rings (SSSR count). The Labute approximate surface area is 93.3 Å². The van der Waals surface area contributed by atoms with Crippen molar-refractivity contribution >= 4 is 5.91 Å². The number of aromatic nitrogens is 1. The molecule has 0 saturated heterocycles. The Hall–Kier alpha value is -1.89. The highest BCUT2D eigenvalue weighted by Crippen LogP contribution is 2.66. The van der Waals surface area contributed by atoms with E-state index >= 15 is 0 Å². The van der Waals surface area contributed by atoms with Crippen molar-refractivity contribution in [2.75, 3.05) is 0 Å². The van der Waals surface area contributed by atoms with Crippen molar-refractivity contribution in [1.29, 1.82) is 5.26 Å². The molecule has 1 amide bonds. The van der Waals surface area contributed by atoms with Crippen LogP contribution in [0.15, 0.2) is 24.4 Å². The van der Waals surface area contributed by atoms with E-state index in [-0.39, 0.29) is 16.9 Å². The monoisotopic (exact) mass is 213 g/mol. The molecule has 1 aromatic heterocycles. The summed E-state index contributed by atoms with van der Waals surface area (Å²) in [4.78, 5) is 15.8. The zero-order valence-electron chi connectivity index (χ0n) is 8.73. The maximum atomic E-state index is 11.8. The molecule has 0 radical (unpaired) electrons. The third-order valence-corrected chi connectivity index (χ3v) is 3.54. The number of nitrogens with zero attached hydrogens (tertiary/aromatic N) is 2. The minimum absolute atomic E-state index is 0.107. The van der Waals surface area contributed by atoms with Crippen LogP contribution in [0.25, 0.3) is 0 Å². The van der Waals surface area contributed by atoms with Gasteiger partial charge in [0.2, 0.25) is 0 Å². The minimum Gasteiger partial charge on any atom is -0.345 e. The van der Waals surface area contributed by atoms with Gasteiger partial charge in [0.1, 0.15) is 5.69 Å². The highest BCUT2D eigenvalue weighted by atomic mass is 16.2. The van der Waals surface area contributed by atoms with Gasteiger partial charge >= 0.3 is 0 Å². The summed E-state index contributed by atoms with van der Waals surface area (Å²) in [5, 5.41) is 11.9. The lowest BCUT2D eigenvalue weighted by Crippen LogP contribution is -2.74. The average molecular weight is 213 g/mol. The number of rotatable bonds is 2. The molecule has 4 heteroatoms. The van der Waals surface area contributed by atoms with Crippen LogP contribution in [0, 0.1) is 16.7 Å². The van der Waals surface area contributed by atoms with E-state index in [0.29, 0.717) is 5.69 Å². The van der Waals surface area contributed by atoms with Crippen LogP contribution >= 0.6 is 0 Å². The van der Waals surface area contributed by atoms with Crippen molar-refractivity contribution < 1.29 is 4.79 Å². The first kappa shape index (κ1) is 9.34. The summed E-state index contributed by atoms with van der Waals surface area (Å²) in [6, 6.07) is 7.58. The van der Waals surface area contributed by atoms with Crippen LogP contribution in [-0.2, 0) is 0 Å². The Balaban J connectivity index is 1.67. The van der Waals surface area contributed by atoms with E-state index in [1.807, 2.05) is 0 Å². The number of nitrogens with one attached hydrogen (secondary N) is 1. The molecule has 80 valence electrons. The molecule has 3 saturated carbocycles. The number of hydrogen-bond donors (Lipinski definition) is 1. The quantitative estimate of drug-likeness (QED) is 0.804. The lowest BCUT2D eigenvalue weighted by molar-refractivity contribution is -0.102. The number of carbonyl (C=O) groups excluding carboxylic acids is 1. The van der Waals surface area contributed by atoms with Crippen LogP contribution in [0.2, 0.25) is 0 Å². The molecule has 3 aliphatic rings. The second kappa shape index (κ2) is 2.82. The molecule has 1 heterocycles. The first-order chi connectivity index (χ1) is 7.67. The number of carbonyl (C=O) groups is 1. The van der Waals surface area contributed by atoms with E-state index in [1.165, 1.54) is 0 Å². The first-order valence-electron chi connectivity index (χ1n) is 5.32. The van der Waals surface area contributed by atoms with Crippen molar-refractivity contribution in [3.05, 3.63) is 30.1 Å². The fourth-order valence-corrected chi connectivity index (χ4v) is 2.84. The standard InChI is InChI=1S/C12H11N3O/c13-8-11-5-12(6-11,7-11)15-10(16)9-3-1-2-4-14-9/h1-4H,5-7H2,(H,15,16). The molecule has 2 bridgehead atoms. The number of hydrogen-bond acceptors (Lipinski definition) is 3. The summed E-state index contributed by atoms with van der Waals surface area (Å²) in [7, 11) is 0. The van der Waals surface area contributed by atoms with E-state index < -0.39 is 0 Å². The summed E-state index contributed by atoms with van der Waals surface area (Å²) in [6.45, 7) is 0. The van der Waals surface area contributed by atoms with Crippen LogP contribution in [0.1, 0.15) is 29.8 Å². The van der Waals surface area contributed by atoms with Crippen LogP contribution < -0.4 is 5.32 Å². The maximum absolute atomic E-state index is 11.8.